The molecule has 0 aromatic heterocycles. The van der Waals surface area contributed by atoms with E-state index in [1.165, 1.54) is 0 Å². The van der Waals surface area contributed by atoms with Gasteiger partial charge in [0.2, 0.25) is 5.91 Å². The second-order valence-electron chi connectivity index (χ2n) is 4.59. The molecular weight excluding hydrogens is 200 g/mol. The summed E-state index contributed by atoms with van der Waals surface area (Å²) in [6.45, 7) is 9.79. The van der Waals surface area contributed by atoms with Gasteiger partial charge in [0.1, 0.15) is 5.41 Å². The zero-order chi connectivity index (χ0) is 12.8. The fourth-order valence-electron chi connectivity index (χ4n) is 1.68. The number of nitrogens with one attached hydrogen (secondary N) is 1. The number of nitriles is 1. The molecule has 0 aromatic carbocycles. The molecule has 0 heterocycles. The van der Waals surface area contributed by atoms with Crippen LogP contribution in [0.5, 0.6) is 0 Å². The summed E-state index contributed by atoms with van der Waals surface area (Å²) in [5.41, 5.74) is -1.05. The van der Waals surface area contributed by atoms with Crippen molar-refractivity contribution in [2.75, 3.05) is 0 Å². The highest BCUT2D eigenvalue weighted by atomic mass is 16.2. The van der Waals surface area contributed by atoms with E-state index < -0.39 is 5.41 Å². The summed E-state index contributed by atoms with van der Waals surface area (Å²) in [6, 6.07) is 2.11. The number of amides is 1. The van der Waals surface area contributed by atoms with Crippen LogP contribution in [-0.2, 0) is 4.79 Å². The van der Waals surface area contributed by atoms with E-state index in [9.17, 15) is 4.79 Å². The molecule has 0 radical (unpaired) electrons. The Bertz CT molecular complexity index is 268. The molecule has 1 amide bonds. The Morgan fingerprint density at radius 1 is 1.12 bits per heavy atom. The summed E-state index contributed by atoms with van der Waals surface area (Å²) >= 11 is 0. The Labute approximate surface area is 99.2 Å². The van der Waals surface area contributed by atoms with Gasteiger partial charge in [-0.15, -0.1) is 0 Å². The zero-order valence-corrected chi connectivity index (χ0v) is 11.2. The summed E-state index contributed by atoms with van der Waals surface area (Å²) in [5.74, 6) is -0.136. The minimum Gasteiger partial charge on any atom is -0.349 e. The molecule has 0 saturated heterocycles. The van der Waals surface area contributed by atoms with Crippen molar-refractivity contribution >= 4 is 5.91 Å². The highest BCUT2D eigenvalue weighted by Crippen LogP contribution is 2.25. The lowest BCUT2D eigenvalue weighted by atomic mass is 9.84. The number of hydrogen-bond acceptors (Lipinski definition) is 2. The van der Waals surface area contributed by atoms with Crippen LogP contribution in [0.2, 0.25) is 0 Å². The van der Waals surface area contributed by atoms with Gasteiger partial charge in [0, 0.05) is 5.54 Å². The highest BCUT2D eigenvalue weighted by molar-refractivity contribution is 5.85. The monoisotopic (exact) mass is 224 g/mol. The highest BCUT2D eigenvalue weighted by Gasteiger charge is 2.36. The minimum atomic E-state index is -0.898. The van der Waals surface area contributed by atoms with Crippen molar-refractivity contribution in [3.05, 3.63) is 0 Å². The predicted molar refractivity (Wildman–Crippen MR) is 65.8 cm³/mol. The number of carbonyl (C=O) groups is 1. The minimum absolute atomic E-state index is 0.136. The van der Waals surface area contributed by atoms with E-state index in [0.29, 0.717) is 6.42 Å². The molecule has 3 nitrogen and oxygen atoms in total. The molecule has 92 valence electrons. The second-order valence-corrected chi connectivity index (χ2v) is 4.59. The molecule has 1 N–H and O–H groups in total. The molecule has 0 aliphatic carbocycles. The van der Waals surface area contributed by atoms with Crippen LogP contribution in [0.15, 0.2) is 0 Å². The normalized spacial score (nSPS) is 15.0. The van der Waals surface area contributed by atoms with Gasteiger partial charge in [-0.2, -0.15) is 5.26 Å². The van der Waals surface area contributed by atoms with Crippen LogP contribution >= 0.6 is 0 Å². The first-order valence-electron chi connectivity index (χ1n) is 6.17. The summed E-state index contributed by atoms with van der Waals surface area (Å²) in [7, 11) is 0. The van der Waals surface area contributed by atoms with Crippen LogP contribution in [0.1, 0.15) is 60.3 Å². The number of rotatable bonds is 6. The van der Waals surface area contributed by atoms with E-state index >= 15 is 0 Å². The molecule has 0 aliphatic rings. The Morgan fingerprint density at radius 2 is 1.56 bits per heavy atom. The van der Waals surface area contributed by atoms with E-state index in [1.807, 2.05) is 6.92 Å². The fourth-order valence-corrected chi connectivity index (χ4v) is 1.68. The van der Waals surface area contributed by atoms with Crippen molar-refractivity contribution in [2.24, 2.45) is 5.41 Å². The fraction of sp³-hybridized carbons (Fsp3) is 0.846. The molecule has 0 aromatic rings. The third-order valence-electron chi connectivity index (χ3n) is 3.86. The van der Waals surface area contributed by atoms with Gasteiger partial charge in [-0.05, 0) is 32.6 Å². The number of nitrogens with zero attached hydrogens (tertiary/aromatic N) is 1. The first-order valence-corrected chi connectivity index (χ1v) is 6.17. The van der Waals surface area contributed by atoms with Gasteiger partial charge in [-0.25, -0.2) is 0 Å². The van der Waals surface area contributed by atoms with E-state index in [0.717, 1.165) is 19.3 Å². The quantitative estimate of drug-likeness (QED) is 0.754. The number of hydrogen-bond donors (Lipinski definition) is 1. The third kappa shape index (κ3) is 2.98. The maximum absolute atomic E-state index is 12.1. The van der Waals surface area contributed by atoms with Gasteiger partial charge in [0.25, 0.3) is 0 Å². The Balaban J connectivity index is 4.85. The summed E-state index contributed by atoms with van der Waals surface area (Å²) in [6.07, 6.45) is 3.24. The lowest BCUT2D eigenvalue weighted by Gasteiger charge is -2.34. The standard InChI is InChI=1S/C13H24N2O/c1-6-12(5,10-14)11(16)15-13(7-2,8-3)9-4/h6-9H2,1-5H3,(H,15,16). The summed E-state index contributed by atoms with van der Waals surface area (Å²) in [5, 5.41) is 12.1. The van der Waals surface area contributed by atoms with Gasteiger partial charge in [0.05, 0.1) is 6.07 Å². The maximum atomic E-state index is 12.1. The third-order valence-corrected chi connectivity index (χ3v) is 3.86. The average Bonchev–Trinajstić information content (AvgIpc) is 2.34. The van der Waals surface area contributed by atoms with Crippen molar-refractivity contribution < 1.29 is 4.79 Å². The van der Waals surface area contributed by atoms with Gasteiger partial charge in [-0.1, -0.05) is 27.7 Å². The molecule has 1 unspecified atom stereocenters. The molecule has 0 bridgehead atoms. The van der Waals surface area contributed by atoms with Crippen LogP contribution in [0, 0.1) is 16.7 Å². The van der Waals surface area contributed by atoms with Crippen molar-refractivity contribution in [2.45, 2.75) is 65.8 Å². The first-order chi connectivity index (χ1) is 7.43. The van der Waals surface area contributed by atoms with Crippen LogP contribution in [0.3, 0.4) is 0 Å². The molecule has 1 atom stereocenters. The molecule has 0 saturated carbocycles. The van der Waals surface area contributed by atoms with E-state index in [-0.39, 0.29) is 11.4 Å². The lowest BCUT2D eigenvalue weighted by molar-refractivity contribution is -0.129. The molecule has 3 heteroatoms. The Hall–Kier alpha value is -1.04. The molecule has 0 fully saturated rings. The smallest absolute Gasteiger partial charge is 0.240 e. The van der Waals surface area contributed by atoms with E-state index in [1.54, 1.807) is 6.92 Å². The van der Waals surface area contributed by atoms with Crippen molar-refractivity contribution in [3.8, 4) is 6.07 Å². The van der Waals surface area contributed by atoms with Crippen LogP contribution in [0.4, 0.5) is 0 Å². The van der Waals surface area contributed by atoms with Crippen molar-refractivity contribution in [3.63, 3.8) is 0 Å². The number of carbonyl (C=O) groups excluding carboxylic acids is 1. The largest absolute Gasteiger partial charge is 0.349 e. The predicted octanol–water partition coefficient (Wildman–Crippen LogP) is 3.01. The summed E-state index contributed by atoms with van der Waals surface area (Å²) < 4.78 is 0. The van der Waals surface area contributed by atoms with Crippen molar-refractivity contribution in [1.82, 2.24) is 5.32 Å². The molecule has 0 aliphatic heterocycles. The maximum Gasteiger partial charge on any atom is 0.240 e. The SMILES string of the molecule is CCC(CC)(CC)NC(=O)C(C)(C#N)CC. The zero-order valence-electron chi connectivity index (χ0n) is 11.2. The van der Waals surface area contributed by atoms with E-state index in [2.05, 4.69) is 32.2 Å². The van der Waals surface area contributed by atoms with Crippen LogP contribution in [-0.4, -0.2) is 11.4 Å². The van der Waals surface area contributed by atoms with Crippen molar-refractivity contribution in [1.29, 1.82) is 5.26 Å². The molecular formula is C13H24N2O. The Morgan fingerprint density at radius 3 is 1.81 bits per heavy atom. The first kappa shape index (κ1) is 15.0. The summed E-state index contributed by atoms with van der Waals surface area (Å²) in [4.78, 5) is 12.1. The van der Waals surface area contributed by atoms with Crippen LogP contribution in [0.25, 0.3) is 0 Å². The topological polar surface area (TPSA) is 52.9 Å². The molecule has 0 rings (SSSR count). The lowest BCUT2D eigenvalue weighted by Crippen LogP contribution is -2.51. The van der Waals surface area contributed by atoms with Crippen LogP contribution < -0.4 is 5.32 Å². The van der Waals surface area contributed by atoms with Gasteiger partial charge in [0.15, 0.2) is 0 Å². The average molecular weight is 224 g/mol. The molecule has 0 spiro atoms. The van der Waals surface area contributed by atoms with Gasteiger partial charge < -0.3 is 5.32 Å². The second kappa shape index (κ2) is 5.89. The molecule has 16 heavy (non-hydrogen) atoms. The van der Waals surface area contributed by atoms with Gasteiger partial charge in [-0.3, -0.25) is 4.79 Å². The van der Waals surface area contributed by atoms with Gasteiger partial charge >= 0.3 is 0 Å². The Kier molecular flexibility index (Phi) is 5.50. The van der Waals surface area contributed by atoms with E-state index in [4.69, 9.17) is 5.26 Å².